The SMILES string of the molecule is CCOc1ccc(/C=C/c2nc(C#N)c(N3CCN(C(=O)COc4ccc(F)cc4)CC3)o2)cc1. The third-order valence-electron chi connectivity index (χ3n) is 5.44. The van der Waals surface area contributed by atoms with E-state index >= 15 is 0 Å². The van der Waals surface area contributed by atoms with Crippen LogP contribution in [0, 0.1) is 17.1 Å². The van der Waals surface area contributed by atoms with Gasteiger partial charge in [-0.2, -0.15) is 10.2 Å². The number of benzene rings is 2. The summed E-state index contributed by atoms with van der Waals surface area (Å²) in [6.45, 7) is 4.31. The third-order valence-corrected chi connectivity index (χ3v) is 5.44. The largest absolute Gasteiger partial charge is 0.494 e. The Hall–Kier alpha value is -4.32. The molecule has 0 N–H and O–H groups in total. The molecule has 1 amide bonds. The fourth-order valence-corrected chi connectivity index (χ4v) is 3.62. The number of nitriles is 1. The number of amides is 1. The van der Waals surface area contributed by atoms with E-state index in [2.05, 4.69) is 11.1 Å². The van der Waals surface area contributed by atoms with E-state index in [0.29, 0.717) is 50.3 Å². The van der Waals surface area contributed by atoms with Gasteiger partial charge in [0.1, 0.15) is 23.4 Å². The van der Waals surface area contributed by atoms with Crippen molar-refractivity contribution in [1.29, 1.82) is 5.26 Å². The van der Waals surface area contributed by atoms with Gasteiger partial charge in [0, 0.05) is 32.3 Å². The Labute approximate surface area is 202 Å². The minimum Gasteiger partial charge on any atom is -0.494 e. The van der Waals surface area contributed by atoms with Crippen LogP contribution in [0.2, 0.25) is 0 Å². The van der Waals surface area contributed by atoms with Gasteiger partial charge >= 0.3 is 0 Å². The van der Waals surface area contributed by atoms with Gasteiger partial charge in [-0.15, -0.1) is 0 Å². The van der Waals surface area contributed by atoms with Crippen molar-refractivity contribution in [3.8, 4) is 17.6 Å². The van der Waals surface area contributed by atoms with Gasteiger partial charge < -0.3 is 23.7 Å². The summed E-state index contributed by atoms with van der Waals surface area (Å²) < 4.78 is 29.7. The summed E-state index contributed by atoms with van der Waals surface area (Å²) in [5, 5.41) is 9.52. The Morgan fingerprint density at radius 1 is 1.06 bits per heavy atom. The van der Waals surface area contributed by atoms with Gasteiger partial charge in [0.05, 0.1) is 6.61 Å². The van der Waals surface area contributed by atoms with Crippen LogP contribution in [0.1, 0.15) is 24.1 Å². The maximum absolute atomic E-state index is 13.0. The summed E-state index contributed by atoms with van der Waals surface area (Å²) in [5.41, 5.74) is 1.15. The second-order valence-corrected chi connectivity index (χ2v) is 7.76. The third kappa shape index (κ3) is 6.18. The number of carbonyl (C=O) groups is 1. The fraction of sp³-hybridized carbons (Fsp3) is 0.269. The van der Waals surface area contributed by atoms with Crippen molar-refractivity contribution >= 4 is 23.9 Å². The molecule has 0 aliphatic carbocycles. The number of piperazine rings is 1. The summed E-state index contributed by atoms with van der Waals surface area (Å²) in [6, 6.07) is 15.2. The number of rotatable bonds is 8. The van der Waals surface area contributed by atoms with Gasteiger partial charge in [0.15, 0.2) is 6.61 Å². The zero-order valence-electron chi connectivity index (χ0n) is 19.3. The summed E-state index contributed by atoms with van der Waals surface area (Å²) in [6.07, 6.45) is 3.57. The van der Waals surface area contributed by atoms with E-state index in [1.165, 1.54) is 24.3 Å². The van der Waals surface area contributed by atoms with Gasteiger partial charge in [-0.3, -0.25) is 4.79 Å². The normalized spacial score (nSPS) is 13.6. The van der Waals surface area contributed by atoms with Crippen molar-refractivity contribution in [2.75, 3.05) is 44.3 Å². The molecule has 9 heteroatoms. The number of halogens is 1. The molecule has 0 radical (unpaired) electrons. The van der Waals surface area contributed by atoms with Gasteiger partial charge in [-0.1, -0.05) is 12.1 Å². The molecule has 1 fully saturated rings. The van der Waals surface area contributed by atoms with E-state index in [1.54, 1.807) is 11.0 Å². The van der Waals surface area contributed by atoms with E-state index in [9.17, 15) is 14.4 Å². The standard InChI is InChI=1S/C26H25FN4O4/c1-2-33-21-8-3-19(4-9-21)5-12-24-29-23(17-28)26(35-24)31-15-13-30(14-16-31)25(32)18-34-22-10-6-20(27)7-11-22/h3-12H,2,13-16,18H2,1H3/b12-5+. The lowest BCUT2D eigenvalue weighted by molar-refractivity contribution is -0.133. The van der Waals surface area contributed by atoms with Crippen LogP contribution in [0.4, 0.5) is 10.3 Å². The van der Waals surface area contributed by atoms with E-state index in [4.69, 9.17) is 13.9 Å². The number of carbonyl (C=O) groups excluding carboxylic acids is 1. The molecule has 0 saturated carbocycles. The lowest BCUT2D eigenvalue weighted by atomic mass is 10.2. The molecule has 1 aliphatic rings. The number of ether oxygens (including phenoxy) is 2. The summed E-state index contributed by atoms with van der Waals surface area (Å²) >= 11 is 0. The predicted octanol–water partition coefficient (Wildman–Crippen LogP) is 3.98. The second-order valence-electron chi connectivity index (χ2n) is 7.76. The zero-order chi connectivity index (χ0) is 24.6. The second kappa shape index (κ2) is 11.2. The maximum atomic E-state index is 13.0. The van der Waals surface area contributed by atoms with E-state index in [1.807, 2.05) is 42.2 Å². The number of nitrogens with zero attached hydrogens (tertiary/aromatic N) is 4. The monoisotopic (exact) mass is 476 g/mol. The minimum atomic E-state index is -0.362. The number of hydrogen-bond donors (Lipinski definition) is 0. The topological polar surface area (TPSA) is 91.8 Å². The van der Waals surface area contributed by atoms with Gasteiger partial charge in [-0.25, -0.2) is 4.39 Å². The molecular formula is C26H25FN4O4. The Bertz CT molecular complexity index is 1210. The first-order valence-corrected chi connectivity index (χ1v) is 11.3. The van der Waals surface area contributed by atoms with Crippen molar-refractivity contribution in [2.24, 2.45) is 0 Å². The molecule has 2 heterocycles. The Morgan fingerprint density at radius 2 is 1.71 bits per heavy atom. The van der Waals surface area contributed by atoms with E-state index in [-0.39, 0.29) is 24.0 Å². The molecule has 4 rings (SSSR count). The molecule has 35 heavy (non-hydrogen) atoms. The molecule has 180 valence electrons. The van der Waals surface area contributed by atoms with Crippen LogP contribution in [-0.2, 0) is 4.79 Å². The Balaban J connectivity index is 1.33. The lowest BCUT2D eigenvalue weighted by Crippen LogP contribution is -2.50. The van der Waals surface area contributed by atoms with Crippen molar-refractivity contribution < 1.29 is 23.1 Å². The highest BCUT2D eigenvalue weighted by Gasteiger charge is 2.26. The molecule has 3 aromatic rings. The Morgan fingerprint density at radius 3 is 2.37 bits per heavy atom. The fourth-order valence-electron chi connectivity index (χ4n) is 3.62. The van der Waals surface area contributed by atoms with Crippen LogP contribution >= 0.6 is 0 Å². The highest BCUT2D eigenvalue weighted by molar-refractivity contribution is 5.78. The summed E-state index contributed by atoms with van der Waals surface area (Å²) in [5.74, 6) is 1.44. The quantitative estimate of drug-likeness (QED) is 0.486. The first-order valence-electron chi connectivity index (χ1n) is 11.3. The molecular weight excluding hydrogens is 451 g/mol. The molecule has 0 bridgehead atoms. The number of anilines is 1. The highest BCUT2D eigenvalue weighted by atomic mass is 19.1. The lowest BCUT2D eigenvalue weighted by Gasteiger charge is -2.34. The number of aromatic nitrogens is 1. The van der Waals surface area contributed by atoms with Crippen LogP contribution in [0.15, 0.2) is 52.9 Å². The molecule has 1 saturated heterocycles. The van der Waals surface area contributed by atoms with Crippen molar-refractivity contribution in [1.82, 2.24) is 9.88 Å². The smallest absolute Gasteiger partial charge is 0.260 e. The van der Waals surface area contributed by atoms with Crippen LogP contribution in [0.5, 0.6) is 11.5 Å². The average Bonchev–Trinajstić information content (AvgIpc) is 3.31. The molecule has 8 nitrogen and oxygen atoms in total. The molecule has 2 aromatic carbocycles. The van der Waals surface area contributed by atoms with Crippen LogP contribution < -0.4 is 14.4 Å². The van der Waals surface area contributed by atoms with Crippen molar-refractivity contribution in [3.05, 3.63) is 71.5 Å². The van der Waals surface area contributed by atoms with E-state index in [0.717, 1.165) is 11.3 Å². The van der Waals surface area contributed by atoms with Crippen LogP contribution in [0.3, 0.4) is 0 Å². The van der Waals surface area contributed by atoms with Gasteiger partial charge in [-0.05, 0) is 55.0 Å². The van der Waals surface area contributed by atoms with Gasteiger partial charge in [0.25, 0.3) is 5.91 Å². The first kappa shape index (κ1) is 23.8. The van der Waals surface area contributed by atoms with Crippen LogP contribution in [0.25, 0.3) is 12.2 Å². The highest BCUT2D eigenvalue weighted by Crippen LogP contribution is 2.24. The average molecular weight is 477 g/mol. The molecule has 0 atom stereocenters. The molecule has 1 aromatic heterocycles. The summed E-state index contributed by atoms with van der Waals surface area (Å²) in [7, 11) is 0. The van der Waals surface area contributed by atoms with Crippen molar-refractivity contribution in [2.45, 2.75) is 6.92 Å². The molecule has 0 spiro atoms. The number of oxazole rings is 1. The van der Waals surface area contributed by atoms with E-state index < -0.39 is 0 Å². The summed E-state index contributed by atoms with van der Waals surface area (Å²) in [4.78, 5) is 20.4. The predicted molar refractivity (Wildman–Crippen MR) is 128 cm³/mol. The Kier molecular flexibility index (Phi) is 7.63. The molecule has 1 aliphatic heterocycles. The first-order chi connectivity index (χ1) is 17.1. The maximum Gasteiger partial charge on any atom is 0.260 e. The van der Waals surface area contributed by atoms with Crippen molar-refractivity contribution in [3.63, 3.8) is 0 Å². The molecule has 0 unspecified atom stereocenters. The number of hydrogen-bond acceptors (Lipinski definition) is 7. The van der Waals surface area contributed by atoms with Gasteiger partial charge in [0.2, 0.25) is 17.5 Å². The zero-order valence-corrected chi connectivity index (χ0v) is 19.3. The van der Waals surface area contributed by atoms with Crippen LogP contribution in [-0.4, -0.2) is 55.2 Å². The minimum absolute atomic E-state index is 0.127.